The van der Waals surface area contributed by atoms with Gasteiger partial charge in [0, 0.05) is 57.6 Å². The molecule has 0 radical (unpaired) electrons. The molecule has 2 heterocycles. The lowest BCUT2D eigenvalue weighted by molar-refractivity contribution is 0.0746. The van der Waals surface area contributed by atoms with Gasteiger partial charge in [0.05, 0.1) is 12.0 Å². The Morgan fingerprint density at radius 1 is 1.00 bits per heavy atom. The highest BCUT2D eigenvalue weighted by Crippen LogP contribution is 2.39. The molecular weight excluding hydrogens is 433 g/mol. The van der Waals surface area contributed by atoms with Crippen molar-refractivity contribution in [1.82, 2.24) is 9.21 Å². The van der Waals surface area contributed by atoms with Crippen molar-refractivity contribution in [3.05, 3.63) is 53.8 Å². The number of piperazine rings is 1. The molecule has 0 spiro atoms. The average molecular weight is 464 g/mol. The first-order chi connectivity index (χ1) is 15.4. The molecule has 32 heavy (non-hydrogen) atoms. The summed E-state index contributed by atoms with van der Waals surface area (Å²) >= 11 is 0. The van der Waals surface area contributed by atoms with Crippen LogP contribution >= 0.6 is 0 Å². The second kappa shape index (κ2) is 9.74. The minimum absolute atomic E-state index is 0.225. The van der Waals surface area contributed by atoms with Gasteiger partial charge in [0.25, 0.3) is 0 Å². The summed E-state index contributed by atoms with van der Waals surface area (Å²) in [6.07, 6.45) is 0.384. The molecule has 9 heteroatoms. The van der Waals surface area contributed by atoms with E-state index in [0.29, 0.717) is 17.9 Å². The van der Waals surface area contributed by atoms with Gasteiger partial charge in [0.15, 0.2) is 0 Å². The number of methoxy groups -OCH3 is 2. The van der Waals surface area contributed by atoms with E-state index in [1.54, 1.807) is 25.3 Å². The topological polar surface area (TPSA) is 62.3 Å². The van der Waals surface area contributed by atoms with Crippen LogP contribution in [0, 0.1) is 5.82 Å². The molecule has 0 amide bonds. The van der Waals surface area contributed by atoms with Crippen molar-refractivity contribution in [2.75, 3.05) is 64.9 Å². The number of hydrogen-bond acceptors (Lipinski definition) is 6. The molecule has 2 aromatic rings. The Bertz CT molecular complexity index is 1020. The number of fused-ring (bicyclic) bond motifs is 1. The Labute approximate surface area is 189 Å². The van der Waals surface area contributed by atoms with Gasteiger partial charge >= 0.3 is 0 Å². The van der Waals surface area contributed by atoms with Crippen LogP contribution in [0.4, 0.5) is 10.1 Å². The van der Waals surface area contributed by atoms with Gasteiger partial charge in [-0.25, -0.2) is 12.8 Å². The summed E-state index contributed by atoms with van der Waals surface area (Å²) in [5.74, 6) is 0.313. The van der Waals surface area contributed by atoms with E-state index in [4.69, 9.17) is 9.47 Å². The normalized spacial score (nSPS) is 21.3. The zero-order valence-electron chi connectivity index (χ0n) is 18.5. The maximum atomic E-state index is 13.2. The van der Waals surface area contributed by atoms with Crippen LogP contribution in [0.3, 0.4) is 0 Å². The molecule has 1 saturated heterocycles. The summed E-state index contributed by atoms with van der Waals surface area (Å²) < 4.78 is 52.1. The van der Waals surface area contributed by atoms with Gasteiger partial charge in [0.2, 0.25) is 10.0 Å². The molecule has 174 valence electrons. The van der Waals surface area contributed by atoms with Crippen molar-refractivity contribution >= 4 is 15.7 Å². The lowest BCUT2D eigenvalue weighted by atomic mass is 10.1. The highest BCUT2D eigenvalue weighted by Gasteiger charge is 2.38. The lowest BCUT2D eigenvalue weighted by Crippen LogP contribution is -2.47. The van der Waals surface area contributed by atoms with Crippen LogP contribution in [0.15, 0.2) is 47.4 Å². The van der Waals surface area contributed by atoms with Crippen molar-refractivity contribution in [3.63, 3.8) is 0 Å². The SMILES string of the molecule is COc1cccc2c1C(OC)CN(CCCN1CCN(c3ccc(F)cc3)CC1)S2(=O)=O. The third-order valence-electron chi connectivity index (χ3n) is 6.29. The predicted molar refractivity (Wildman–Crippen MR) is 121 cm³/mol. The molecular formula is C23H30FN3O4S. The van der Waals surface area contributed by atoms with E-state index >= 15 is 0 Å². The molecule has 0 N–H and O–H groups in total. The maximum absolute atomic E-state index is 13.2. The Kier molecular flexibility index (Phi) is 6.99. The summed E-state index contributed by atoms with van der Waals surface area (Å²) in [7, 11) is -0.460. The summed E-state index contributed by atoms with van der Waals surface area (Å²) in [5.41, 5.74) is 1.64. The number of nitrogens with zero attached hydrogens (tertiary/aromatic N) is 3. The van der Waals surface area contributed by atoms with Crippen molar-refractivity contribution in [2.24, 2.45) is 0 Å². The summed E-state index contributed by atoms with van der Waals surface area (Å²) in [6.45, 7) is 5.07. The average Bonchev–Trinajstić information content (AvgIpc) is 2.81. The van der Waals surface area contributed by atoms with Crippen molar-refractivity contribution in [1.29, 1.82) is 0 Å². The van der Waals surface area contributed by atoms with Crippen LogP contribution in [0.25, 0.3) is 0 Å². The second-order valence-corrected chi connectivity index (χ2v) is 10.0. The summed E-state index contributed by atoms with van der Waals surface area (Å²) in [5, 5.41) is 0. The fourth-order valence-electron chi connectivity index (χ4n) is 4.51. The highest BCUT2D eigenvalue weighted by atomic mass is 32.2. The van der Waals surface area contributed by atoms with E-state index in [2.05, 4.69) is 9.80 Å². The van der Waals surface area contributed by atoms with Gasteiger partial charge < -0.3 is 14.4 Å². The van der Waals surface area contributed by atoms with E-state index in [9.17, 15) is 12.8 Å². The molecule has 7 nitrogen and oxygen atoms in total. The first-order valence-electron chi connectivity index (χ1n) is 10.9. The van der Waals surface area contributed by atoms with Crippen LogP contribution in [0.1, 0.15) is 18.1 Å². The zero-order valence-corrected chi connectivity index (χ0v) is 19.4. The number of halogens is 1. The fourth-order valence-corrected chi connectivity index (χ4v) is 6.25. The third-order valence-corrected chi connectivity index (χ3v) is 8.21. The molecule has 0 saturated carbocycles. The largest absolute Gasteiger partial charge is 0.496 e. The van der Waals surface area contributed by atoms with Gasteiger partial charge in [-0.05, 0) is 49.4 Å². The first-order valence-corrected chi connectivity index (χ1v) is 12.3. The quantitative estimate of drug-likeness (QED) is 0.629. The molecule has 1 fully saturated rings. The molecule has 2 aliphatic rings. The minimum Gasteiger partial charge on any atom is -0.496 e. The number of rotatable bonds is 7. The first kappa shape index (κ1) is 23.0. The van der Waals surface area contributed by atoms with Crippen LogP contribution in [0.2, 0.25) is 0 Å². The molecule has 0 aliphatic carbocycles. The van der Waals surface area contributed by atoms with Crippen LogP contribution in [-0.4, -0.2) is 77.7 Å². The Morgan fingerprint density at radius 2 is 1.72 bits per heavy atom. The Hall–Kier alpha value is -2.20. The van der Waals surface area contributed by atoms with Gasteiger partial charge in [0.1, 0.15) is 17.7 Å². The molecule has 0 aromatic heterocycles. The third kappa shape index (κ3) is 4.61. The monoisotopic (exact) mass is 463 g/mol. The van der Waals surface area contributed by atoms with Gasteiger partial charge in [-0.1, -0.05) is 6.07 Å². The summed E-state index contributed by atoms with van der Waals surface area (Å²) in [4.78, 5) is 4.86. The van der Waals surface area contributed by atoms with E-state index < -0.39 is 10.0 Å². The second-order valence-electron chi connectivity index (χ2n) is 8.12. The van der Waals surface area contributed by atoms with Gasteiger partial charge in [-0.3, -0.25) is 4.90 Å². The zero-order chi connectivity index (χ0) is 22.7. The van der Waals surface area contributed by atoms with Crippen molar-refractivity contribution in [2.45, 2.75) is 17.4 Å². The Morgan fingerprint density at radius 3 is 2.38 bits per heavy atom. The number of anilines is 1. The van der Waals surface area contributed by atoms with E-state index in [1.165, 1.54) is 23.5 Å². The molecule has 1 unspecified atom stereocenters. The van der Waals surface area contributed by atoms with E-state index in [1.807, 2.05) is 12.1 Å². The summed E-state index contributed by atoms with van der Waals surface area (Å²) in [6, 6.07) is 11.7. The number of sulfonamides is 1. The molecule has 4 rings (SSSR count). The predicted octanol–water partition coefficient (Wildman–Crippen LogP) is 2.74. The van der Waals surface area contributed by atoms with Gasteiger partial charge in [-0.15, -0.1) is 0 Å². The minimum atomic E-state index is -3.59. The standard InChI is InChI=1S/C23H30FN3O4S/c1-30-20-5-3-6-22-23(20)21(31-2)17-27(32(22,28)29)12-4-11-25-13-15-26(16-14-25)19-9-7-18(24)8-10-19/h3,5-10,21H,4,11-17H2,1-2H3. The smallest absolute Gasteiger partial charge is 0.243 e. The van der Waals surface area contributed by atoms with Crippen LogP contribution in [-0.2, 0) is 14.8 Å². The molecule has 1 atom stereocenters. The van der Waals surface area contributed by atoms with Crippen LogP contribution in [0.5, 0.6) is 5.75 Å². The number of ether oxygens (including phenoxy) is 2. The van der Waals surface area contributed by atoms with E-state index in [0.717, 1.165) is 44.8 Å². The fraction of sp³-hybridized carbons (Fsp3) is 0.478. The Balaban J connectivity index is 1.34. The van der Waals surface area contributed by atoms with Gasteiger partial charge in [-0.2, -0.15) is 4.31 Å². The van der Waals surface area contributed by atoms with Crippen molar-refractivity contribution < 1.29 is 22.3 Å². The maximum Gasteiger partial charge on any atom is 0.243 e. The lowest BCUT2D eigenvalue weighted by Gasteiger charge is -2.37. The van der Waals surface area contributed by atoms with E-state index in [-0.39, 0.29) is 23.4 Å². The highest BCUT2D eigenvalue weighted by molar-refractivity contribution is 7.89. The molecule has 0 bridgehead atoms. The number of benzene rings is 2. The van der Waals surface area contributed by atoms with Crippen molar-refractivity contribution in [3.8, 4) is 5.75 Å². The van der Waals surface area contributed by atoms with Crippen LogP contribution < -0.4 is 9.64 Å². The molecule has 2 aliphatic heterocycles. The molecule has 2 aromatic carbocycles. The number of hydrogen-bond donors (Lipinski definition) is 0.